The molecule has 0 aliphatic heterocycles. The summed E-state index contributed by atoms with van der Waals surface area (Å²) in [6.07, 6.45) is 0. The molecule has 7 nitrogen and oxygen atoms in total. The second kappa shape index (κ2) is 11.3. The number of aromatic nitrogens is 3. The van der Waals surface area contributed by atoms with E-state index in [1.807, 2.05) is 29.7 Å². The van der Waals surface area contributed by atoms with Crippen LogP contribution in [0.5, 0.6) is 0 Å². The molecule has 0 bridgehead atoms. The average Bonchev–Trinajstić information content (AvgIpc) is 3.46. The third-order valence-corrected chi connectivity index (χ3v) is 7.20. The van der Waals surface area contributed by atoms with Crippen molar-refractivity contribution in [3.63, 3.8) is 0 Å². The molecule has 0 spiro atoms. The minimum Gasteiger partial charge on any atom is -0.462 e. The fourth-order valence-electron chi connectivity index (χ4n) is 3.69. The highest BCUT2D eigenvalue weighted by Gasteiger charge is 2.20. The first-order chi connectivity index (χ1) is 17.0. The van der Waals surface area contributed by atoms with Gasteiger partial charge in [0.1, 0.15) is 0 Å². The molecule has 1 N–H and O–H groups in total. The first-order valence-corrected chi connectivity index (χ1v) is 13.1. The number of esters is 1. The zero-order valence-corrected chi connectivity index (χ0v) is 21.4. The Morgan fingerprint density at radius 1 is 1.06 bits per heavy atom. The zero-order chi connectivity index (χ0) is 24.8. The number of hydrogen-bond acceptors (Lipinski definition) is 7. The Balaban J connectivity index is 1.46. The molecule has 0 fully saturated rings. The van der Waals surface area contributed by atoms with Crippen molar-refractivity contribution in [1.29, 1.82) is 0 Å². The number of hydrogen-bond donors (Lipinski definition) is 1. The van der Waals surface area contributed by atoms with E-state index in [4.69, 9.17) is 4.74 Å². The van der Waals surface area contributed by atoms with Crippen LogP contribution in [-0.4, -0.2) is 39.0 Å². The number of benzene rings is 2. The Kier molecular flexibility index (Phi) is 7.99. The third kappa shape index (κ3) is 5.63. The Hall–Kier alpha value is -3.43. The fraction of sp³-hybridized carbons (Fsp3) is 0.231. The molecule has 180 valence electrons. The van der Waals surface area contributed by atoms with E-state index >= 15 is 0 Å². The van der Waals surface area contributed by atoms with Crippen molar-refractivity contribution in [1.82, 2.24) is 14.8 Å². The lowest BCUT2D eigenvalue weighted by molar-refractivity contribution is -0.113. The van der Waals surface area contributed by atoms with E-state index in [0.29, 0.717) is 29.6 Å². The maximum absolute atomic E-state index is 12.5. The molecule has 1 amide bonds. The molecule has 2 aromatic heterocycles. The van der Waals surface area contributed by atoms with E-state index in [-0.39, 0.29) is 17.6 Å². The smallest absolute Gasteiger partial charge is 0.338 e. The van der Waals surface area contributed by atoms with Crippen LogP contribution in [0, 0.1) is 6.92 Å². The molecule has 35 heavy (non-hydrogen) atoms. The van der Waals surface area contributed by atoms with Crippen LogP contribution in [0.1, 0.15) is 29.1 Å². The first kappa shape index (κ1) is 24.7. The van der Waals surface area contributed by atoms with Crippen LogP contribution in [0.15, 0.2) is 65.1 Å². The summed E-state index contributed by atoms with van der Waals surface area (Å²) >= 11 is 3.04. The van der Waals surface area contributed by atoms with Crippen LogP contribution in [0.4, 0.5) is 5.69 Å². The van der Waals surface area contributed by atoms with Crippen molar-refractivity contribution in [2.24, 2.45) is 0 Å². The van der Waals surface area contributed by atoms with Crippen molar-refractivity contribution in [3.8, 4) is 22.5 Å². The van der Waals surface area contributed by atoms with Gasteiger partial charge in [-0.05, 0) is 50.6 Å². The van der Waals surface area contributed by atoms with Gasteiger partial charge in [-0.3, -0.25) is 4.79 Å². The topological polar surface area (TPSA) is 86.1 Å². The van der Waals surface area contributed by atoms with Gasteiger partial charge in [0.2, 0.25) is 5.91 Å². The standard InChI is InChI=1S/C26H26N4O3S2/c1-4-30-24(21-15-34-17(3)23(21)18-9-7-6-8-10-18)28-29-26(30)35-16-22(31)27-20-13-11-19(12-14-20)25(32)33-5-2/h6-15H,4-5,16H2,1-3H3,(H,27,31). The Labute approximate surface area is 212 Å². The Morgan fingerprint density at radius 2 is 1.80 bits per heavy atom. The van der Waals surface area contributed by atoms with E-state index in [0.717, 1.165) is 17.0 Å². The number of nitrogens with zero attached hydrogens (tertiary/aromatic N) is 3. The summed E-state index contributed by atoms with van der Waals surface area (Å²) in [6, 6.07) is 16.9. The molecule has 9 heteroatoms. The van der Waals surface area contributed by atoms with Gasteiger partial charge in [-0.25, -0.2) is 4.79 Å². The monoisotopic (exact) mass is 506 g/mol. The molecule has 4 aromatic rings. The van der Waals surface area contributed by atoms with Crippen molar-refractivity contribution >= 4 is 40.7 Å². The van der Waals surface area contributed by atoms with Crippen LogP contribution in [0.25, 0.3) is 22.5 Å². The molecule has 4 rings (SSSR count). The van der Waals surface area contributed by atoms with Gasteiger partial charge in [-0.2, -0.15) is 0 Å². The highest BCUT2D eigenvalue weighted by atomic mass is 32.2. The van der Waals surface area contributed by atoms with Gasteiger partial charge in [-0.15, -0.1) is 21.5 Å². The minimum atomic E-state index is -0.383. The molecule has 0 saturated carbocycles. The van der Waals surface area contributed by atoms with Gasteiger partial charge in [0.15, 0.2) is 11.0 Å². The number of amides is 1. The van der Waals surface area contributed by atoms with Gasteiger partial charge in [0, 0.05) is 33.6 Å². The lowest BCUT2D eigenvalue weighted by Crippen LogP contribution is -2.15. The van der Waals surface area contributed by atoms with Crippen molar-refractivity contribution in [3.05, 3.63) is 70.4 Å². The van der Waals surface area contributed by atoms with Crippen LogP contribution in [0.2, 0.25) is 0 Å². The maximum Gasteiger partial charge on any atom is 0.338 e. The van der Waals surface area contributed by atoms with Crippen LogP contribution in [-0.2, 0) is 16.1 Å². The number of nitrogens with one attached hydrogen (secondary N) is 1. The number of ether oxygens (including phenoxy) is 1. The predicted molar refractivity (Wildman–Crippen MR) is 141 cm³/mol. The summed E-state index contributed by atoms with van der Waals surface area (Å²) in [5.41, 5.74) is 4.42. The molecule has 0 atom stereocenters. The molecule has 2 aromatic carbocycles. The van der Waals surface area contributed by atoms with Crippen LogP contribution in [0.3, 0.4) is 0 Å². The number of carbonyl (C=O) groups excluding carboxylic acids is 2. The number of thiophene rings is 1. The summed E-state index contributed by atoms with van der Waals surface area (Å²) in [5.74, 6) is 0.439. The number of thioether (sulfide) groups is 1. The van der Waals surface area contributed by atoms with Gasteiger partial charge >= 0.3 is 5.97 Å². The Bertz CT molecular complexity index is 1310. The van der Waals surface area contributed by atoms with E-state index < -0.39 is 0 Å². The van der Waals surface area contributed by atoms with Crippen LogP contribution < -0.4 is 5.32 Å². The molecule has 0 radical (unpaired) electrons. The molecule has 2 heterocycles. The number of aryl methyl sites for hydroxylation is 1. The van der Waals surface area contributed by atoms with Gasteiger partial charge in [-0.1, -0.05) is 42.1 Å². The summed E-state index contributed by atoms with van der Waals surface area (Å²) in [4.78, 5) is 25.5. The van der Waals surface area contributed by atoms with Crippen molar-refractivity contribution < 1.29 is 14.3 Å². The molecular formula is C26H26N4O3S2. The molecular weight excluding hydrogens is 480 g/mol. The lowest BCUT2D eigenvalue weighted by Gasteiger charge is -2.10. The quantitative estimate of drug-likeness (QED) is 0.224. The summed E-state index contributed by atoms with van der Waals surface area (Å²) in [6.45, 7) is 6.92. The van der Waals surface area contributed by atoms with Crippen molar-refractivity contribution in [2.75, 3.05) is 17.7 Å². The molecule has 0 saturated heterocycles. The normalized spacial score (nSPS) is 10.8. The van der Waals surface area contributed by atoms with E-state index in [9.17, 15) is 9.59 Å². The predicted octanol–water partition coefficient (Wildman–Crippen LogP) is 5.91. The second-order valence-corrected chi connectivity index (χ2v) is 9.66. The summed E-state index contributed by atoms with van der Waals surface area (Å²) in [7, 11) is 0. The molecule has 0 aliphatic rings. The first-order valence-electron chi connectivity index (χ1n) is 11.3. The summed E-state index contributed by atoms with van der Waals surface area (Å²) < 4.78 is 7.02. The molecule has 0 unspecified atom stereocenters. The van der Waals surface area contributed by atoms with Gasteiger partial charge < -0.3 is 14.6 Å². The highest BCUT2D eigenvalue weighted by Crippen LogP contribution is 2.39. The Morgan fingerprint density at radius 3 is 2.49 bits per heavy atom. The second-order valence-electron chi connectivity index (χ2n) is 7.63. The maximum atomic E-state index is 12.5. The van der Waals surface area contributed by atoms with Crippen molar-refractivity contribution in [2.45, 2.75) is 32.5 Å². The SMILES string of the molecule is CCOC(=O)c1ccc(NC(=O)CSc2nnc(-c3csc(C)c3-c3ccccc3)n2CC)cc1. The molecule has 0 aliphatic carbocycles. The fourth-order valence-corrected chi connectivity index (χ4v) is 5.36. The summed E-state index contributed by atoms with van der Waals surface area (Å²) in [5, 5.41) is 14.5. The third-order valence-electron chi connectivity index (χ3n) is 5.32. The van der Waals surface area contributed by atoms with Gasteiger partial charge in [0.25, 0.3) is 0 Å². The van der Waals surface area contributed by atoms with E-state index in [1.54, 1.807) is 42.5 Å². The number of rotatable bonds is 9. The van der Waals surface area contributed by atoms with Crippen LogP contribution >= 0.6 is 23.1 Å². The lowest BCUT2D eigenvalue weighted by atomic mass is 10.0. The van der Waals surface area contributed by atoms with Gasteiger partial charge in [0.05, 0.1) is 17.9 Å². The van der Waals surface area contributed by atoms with E-state index in [2.05, 4.69) is 40.0 Å². The highest BCUT2D eigenvalue weighted by molar-refractivity contribution is 7.99. The van der Waals surface area contributed by atoms with E-state index in [1.165, 1.54) is 22.2 Å². The number of anilines is 1. The zero-order valence-electron chi connectivity index (χ0n) is 19.8. The number of carbonyl (C=O) groups is 2. The average molecular weight is 507 g/mol. The minimum absolute atomic E-state index is 0.164. The largest absolute Gasteiger partial charge is 0.462 e.